The highest BCUT2D eigenvalue weighted by atomic mass is 15.3. The molecule has 5 heteroatoms. The van der Waals surface area contributed by atoms with Gasteiger partial charge in [-0.25, -0.2) is 4.52 Å². The summed E-state index contributed by atoms with van der Waals surface area (Å²) < 4.78 is 1.88. The maximum atomic E-state index is 4.43. The number of benzene rings is 1. The Morgan fingerprint density at radius 3 is 2.95 bits per heavy atom. The maximum Gasteiger partial charge on any atom is 0.148 e. The molecule has 0 unspecified atom stereocenters. The average Bonchev–Trinajstić information content (AvgIpc) is 3.11. The molecule has 4 rings (SSSR count). The molecule has 5 nitrogen and oxygen atoms in total. The number of hydrogen-bond donors (Lipinski definition) is 2. The van der Waals surface area contributed by atoms with Crippen molar-refractivity contribution in [3.8, 4) is 11.1 Å². The number of fused-ring (bicyclic) bond motifs is 2. The summed E-state index contributed by atoms with van der Waals surface area (Å²) in [7, 11) is 1.87. The van der Waals surface area contributed by atoms with Gasteiger partial charge < -0.3 is 5.32 Å². The highest BCUT2D eigenvalue weighted by molar-refractivity contribution is 5.96. The molecule has 3 heterocycles. The van der Waals surface area contributed by atoms with E-state index in [4.69, 9.17) is 0 Å². The summed E-state index contributed by atoms with van der Waals surface area (Å²) in [5, 5.41) is 15.8. The summed E-state index contributed by atoms with van der Waals surface area (Å²) in [6.45, 7) is 2.13. The third-order valence-electron chi connectivity index (χ3n) is 3.84. The van der Waals surface area contributed by atoms with Crippen LogP contribution in [0.15, 0.2) is 42.7 Å². The Morgan fingerprint density at radius 1 is 1.19 bits per heavy atom. The number of nitrogens with one attached hydrogen (secondary N) is 2. The standard InChI is InChI=1S/C16H15N5/c1-10-3-4-14-13(9-18-19-14)16(10)11-5-6-21-12(7-11)8-15(17-2)20-21/h3-9H,1-2H3,(H,17,20)(H,18,19). The molecule has 3 aromatic heterocycles. The second kappa shape index (κ2) is 4.34. The van der Waals surface area contributed by atoms with Crippen LogP contribution in [0.4, 0.5) is 5.82 Å². The summed E-state index contributed by atoms with van der Waals surface area (Å²) >= 11 is 0. The zero-order valence-corrected chi connectivity index (χ0v) is 11.9. The molecule has 0 saturated carbocycles. The number of aromatic amines is 1. The lowest BCUT2D eigenvalue weighted by molar-refractivity contribution is 0.963. The lowest BCUT2D eigenvalue weighted by atomic mass is 9.97. The van der Waals surface area contributed by atoms with Crippen molar-refractivity contribution in [1.29, 1.82) is 0 Å². The first-order valence-electron chi connectivity index (χ1n) is 6.86. The van der Waals surface area contributed by atoms with E-state index in [9.17, 15) is 0 Å². The molecule has 0 radical (unpaired) electrons. The van der Waals surface area contributed by atoms with Crippen molar-refractivity contribution in [3.05, 3.63) is 48.3 Å². The maximum absolute atomic E-state index is 4.43. The van der Waals surface area contributed by atoms with Crippen molar-refractivity contribution in [3.63, 3.8) is 0 Å². The van der Waals surface area contributed by atoms with Crippen molar-refractivity contribution in [2.75, 3.05) is 12.4 Å². The van der Waals surface area contributed by atoms with Crippen molar-refractivity contribution >= 4 is 22.2 Å². The minimum Gasteiger partial charge on any atom is -0.372 e. The Kier molecular flexibility index (Phi) is 2.47. The zero-order valence-electron chi connectivity index (χ0n) is 11.9. The van der Waals surface area contributed by atoms with Gasteiger partial charge in [0, 0.05) is 24.7 Å². The van der Waals surface area contributed by atoms with E-state index in [0.29, 0.717) is 0 Å². The van der Waals surface area contributed by atoms with Crippen LogP contribution in [0.1, 0.15) is 5.56 Å². The smallest absolute Gasteiger partial charge is 0.148 e. The number of pyridine rings is 1. The first-order chi connectivity index (χ1) is 10.3. The summed E-state index contributed by atoms with van der Waals surface area (Å²) in [5.41, 5.74) is 5.75. The number of anilines is 1. The SMILES string of the molecule is CNc1cc2cc(-c3c(C)ccc4[nH]ncc34)ccn2n1. The van der Waals surface area contributed by atoms with Gasteiger partial charge in [0.25, 0.3) is 0 Å². The Morgan fingerprint density at radius 2 is 2.10 bits per heavy atom. The molecule has 104 valence electrons. The number of aryl methyl sites for hydroxylation is 1. The van der Waals surface area contributed by atoms with Crippen LogP contribution in [0.25, 0.3) is 27.5 Å². The number of nitrogens with zero attached hydrogens (tertiary/aromatic N) is 3. The van der Waals surface area contributed by atoms with Crippen LogP contribution in [-0.4, -0.2) is 26.9 Å². The van der Waals surface area contributed by atoms with Gasteiger partial charge in [-0.05, 0) is 41.8 Å². The van der Waals surface area contributed by atoms with Gasteiger partial charge in [0.05, 0.1) is 17.2 Å². The highest BCUT2D eigenvalue weighted by Crippen LogP contribution is 2.31. The molecule has 0 fully saturated rings. The fourth-order valence-electron chi connectivity index (χ4n) is 2.78. The van der Waals surface area contributed by atoms with Gasteiger partial charge in [-0.1, -0.05) is 6.07 Å². The van der Waals surface area contributed by atoms with Gasteiger partial charge in [0.15, 0.2) is 0 Å². The zero-order chi connectivity index (χ0) is 14.4. The fraction of sp³-hybridized carbons (Fsp3) is 0.125. The number of H-pyrrole nitrogens is 1. The van der Waals surface area contributed by atoms with E-state index >= 15 is 0 Å². The molecule has 1 aromatic carbocycles. The van der Waals surface area contributed by atoms with Crippen LogP contribution >= 0.6 is 0 Å². The summed E-state index contributed by atoms with van der Waals surface area (Å²) in [5.74, 6) is 0.866. The van der Waals surface area contributed by atoms with Crippen LogP contribution in [0.5, 0.6) is 0 Å². The van der Waals surface area contributed by atoms with Crippen molar-refractivity contribution in [2.45, 2.75) is 6.92 Å². The first-order valence-corrected chi connectivity index (χ1v) is 6.86. The van der Waals surface area contributed by atoms with Crippen molar-refractivity contribution in [2.24, 2.45) is 0 Å². The normalized spacial score (nSPS) is 11.3. The molecule has 0 aliphatic rings. The molecule has 0 amide bonds. The van der Waals surface area contributed by atoms with E-state index in [1.54, 1.807) is 0 Å². The minimum absolute atomic E-state index is 0.866. The molecule has 0 aliphatic carbocycles. The number of aromatic nitrogens is 4. The molecule has 4 aromatic rings. The van der Waals surface area contributed by atoms with Crippen LogP contribution in [0.3, 0.4) is 0 Å². The molecule has 0 atom stereocenters. The largest absolute Gasteiger partial charge is 0.372 e. The summed E-state index contributed by atoms with van der Waals surface area (Å²) in [6.07, 6.45) is 3.88. The minimum atomic E-state index is 0.866. The van der Waals surface area contributed by atoms with Gasteiger partial charge in [-0.2, -0.15) is 10.2 Å². The van der Waals surface area contributed by atoms with Crippen molar-refractivity contribution < 1.29 is 0 Å². The van der Waals surface area contributed by atoms with Crippen LogP contribution in [-0.2, 0) is 0 Å². The van der Waals surface area contributed by atoms with E-state index in [1.165, 1.54) is 16.7 Å². The quantitative estimate of drug-likeness (QED) is 0.591. The van der Waals surface area contributed by atoms with Gasteiger partial charge in [0.2, 0.25) is 0 Å². The van der Waals surface area contributed by atoms with Gasteiger partial charge in [-0.3, -0.25) is 5.10 Å². The average molecular weight is 277 g/mol. The van der Waals surface area contributed by atoms with Gasteiger partial charge in [0.1, 0.15) is 5.82 Å². The van der Waals surface area contributed by atoms with E-state index < -0.39 is 0 Å². The lowest BCUT2D eigenvalue weighted by Crippen LogP contribution is -1.91. The molecule has 21 heavy (non-hydrogen) atoms. The lowest BCUT2D eigenvalue weighted by Gasteiger charge is -2.08. The number of hydrogen-bond acceptors (Lipinski definition) is 3. The van der Waals surface area contributed by atoms with Crippen LogP contribution in [0, 0.1) is 6.92 Å². The number of rotatable bonds is 2. The Hall–Kier alpha value is -2.82. The fourth-order valence-corrected chi connectivity index (χ4v) is 2.78. The predicted molar refractivity (Wildman–Crippen MR) is 84.6 cm³/mol. The van der Waals surface area contributed by atoms with Gasteiger partial charge in [-0.15, -0.1) is 0 Å². The van der Waals surface area contributed by atoms with E-state index in [-0.39, 0.29) is 0 Å². The van der Waals surface area contributed by atoms with Crippen LogP contribution < -0.4 is 5.32 Å². The molecule has 2 N–H and O–H groups in total. The van der Waals surface area contributed by atoms with E-state index in [2.05, 4.69) is 51.8 Å². The Labute approximate surface area is 121 Å². The molecule has 0 bridgehead atoms. The van der Waals surface area contributed by atoms with Gasteiger partial charge >= 0.3 is 0 Å². The molecular formula is C16H15N5. The first kappa shape index (κ1) is 12.0. The summed E-state index contributed by atoms with van der Waals surface area (Å²) in [4.78, 5) is 0. The summed E-state index contributed by atoms with van der Waals surface area (Å²) in [6, 6.07) is 10.5. The Balaban J connectivity index is 1.99. The van der Waals surface area contributed by atoms with E-state index in [0.717, 1.165) is 22.2 Å². The molecule has 0 spiro atoms. The van der Waals surface area contributed by atoms with E-state index in [1.807, 2.05) is 30.0 Å². The Bertz CT molecular complexity index is 948. The molecule has 0 aliphatic heterocycles. The highest BCUT2D eigenvalue weighted by Gasteiger charge is 2.10. The topological polar surface area (TPSA) is 58.0 Å². The second-order valence-corrected chi connectivity index (χ2v) is 5.15. The third kappa shape index (κ3) is 1.78. The molecule has 0 saturated heterocycles. The molecular weight excluding hydrogens is 262 g/mol. The monoisotopic (exact) mass is 277 g/mol. The van der Waals surface area contributed by atoms with Crippen molar-refractivity contribution in [1.82, 2.24) is 19.8 Å². The predicted octanol–water partition coefficient (Wildman–Crippen LogP) is 3.23. The third-order valence-corrected chi connectivity index (χ3v) is 3.84. The van der Waals surface area contributed by atoms with Crippen LogP contribution in [0.2, 0.25) is 0 Å². The second-order valence-electron chi connectivity index (χ2n) is 5.15.